The van der Waals surface area contributed by atoms with Gasteiger partial charge in [0.1, 0.15) is 0 Å². The van der Waals surface area contributed by atoms with Crippen molar-refractivity contribution in [1.82, 2.24) is 4.98 Å². The van der Waals surface area contributed by atoms with Crippen molar-refractivity contribution in [2.45, 2.75) is 6.92 Å². The highest BCUT2D eigenvalue weighted by Crippen LogP contribution is 2.14. The van der Waals surface area contributed by atoms with Crippen LogP contribution in [0.1, 0.15) is 23.0 Å². The number of pyridine rings is 1. The Morgan fingerprint density at radius 1 is 1.59 bits per heavy atom. The minimum absolute atomic E-state index is 0.00307. The fourth-order valence-corrected chi connectivity index (χ4v) is 1.53. The van der Waals surface area contributed by atoms with Crippen LogP contribution in [-0.4, -0.2) is 26.9 Å². The minimum atomic E-state index is -1.18. The van der Waals surface area contributed by atoms with Crippen LogP contribution in [0.15, 0.2) is 12.3 Å². The average molecular weight is 270 g/mol. The van der Waals surface area contributed by atoms with Gasteiger partial charge in [0.15, 0.2) is 10.8 Å². The first-order chi connectivity index (χ1) is 8.00. The van der Waals surface area contributed by atoms with E-state index in [2.05, 4.69) is 16.8 Å². The summed E-state index contributed by atoms with van der Waals surface area (Å²) in [5.74, 6) is 4.70. The molecule has 0 radical (unpaired) electrons. The van der Waals surface area contributed by atoms with Crippen LogP contribution in [0.4, 0.5) is 0 Å². The van der Waals surface area contributed by atoms with Gasteiger partial charge in [-0.25, -0.2) is 9.78 Å². The smallest absolute Gasteiger partial charge is 0.356 e. The minimum Gasteiger partial charge on any atom is -0.476 e. The third-order valence-corrected chi connectivity index (χ3v) is 2.61. The van der Waals surface area contributed by atoms with E-state index >= 15 is 0 Å². The number of carboxylic acids is 1. The van der Waals surface area contributed by atoms with Crippen LogP contribution in [0, 0.1) is 11.8 Å². The van der Waals surface area contributed by atoms with Gasteiger partial charge in [-0.2, -0.15) is 0 Å². The van der Waals surface area contributed by atoms with Crippen LogP contribution in [0.2, 0.25) is 5.02 Å². The largest absolute Gasteiger partial charge is 0.476 e. The highest BCUT2D eigenvalue weighted by Gasteiger charge is 2.09. The highest BCUT2D eigenvalue weighted by molar-refractivity contribution is 8.13. The molecule has 17 heavy (non-hydrogen) atoms. The highest BCUT2D eigenvalue weighted by atomic mass is 35.5. The zero-order valence-electron chi connectivity index (χ0n) is 8.86. The monoisotopic (exact) mass is 269 g/mol. The van der Waals surface area contributed by atoms with Crippen LogP contribution in [0.3, 0.4) is 0 Å². The van der Waals surface area contributed by atoms with Crippen LogP contribution in [0.5, 0.6) is 0 Å². The normalized spacial score (nSPS) is 9.29. The summed E-state index contributed by atoms with van der Waals surface area (Å²) < 4.78 is 0. The maximum Gasteiger partial charge on any atom is 0.356 e. The maximum absolute atomic E-state index is 10.6. The van der Waals surface area contributed by atoms with E-state index in [1.165, 1.54) is 19.2 Å². The zero-order chi connectivity index (χ0) is 12.8. The van der Waals surface area contributed by atoms with Crippen molar-refractivity contribution in [3.8, 4) is 11.8 Å². The van der Waals surface area contributed by atoms with E-state index in [-0.39, 0.29) is 15.8 Å². The molecule has 6 heteroatoms. The first-order valence-electron chi connectivity index (χ1n) is 4.52. The van der Waals surface area contributed by atoms with Crippen LogP contribution in [0.25, 0.3) is 0 Å². The van der Waals surface area contributed by atoms with E-state index in [9.17, 15) is 9.59 Å². The second-order valence-corrected chi connectivity index (χ2v) is 4.50. The molecule has 0 amide bonds. The Bertz CT molecular complexity index is 519. The molecule has 0 fully saturated rings. The van der Waals surface area contributed by atoms with Gasteiger partial charge < -0.3 is 5.11 Å². The second-order valence-electron chi connectivity index (χ2n) is 2.94. The molecule has 0 spiro atoms. The Hall–Kier alpha value is -1.51. The molecule has 1 rings (SSSR count). The topological polar surface area (TPSA) is 67.3 Å². The van der Waals surface area contributed by atoms with Crippen molar-refractivity contribution in [3.63, 3.8) is 0 Å². The third-order valence-electron chi connectivity index (χ3n) is 1.62. The molecule has 0 aliphatic heterocycles. The Morgan fingerprint density at radius 3 is 2.82 bits per heavy atom. The van der Waals surface area contributed by atoms with Gasteiger partial charge in [-0.05, 0) is 6.07 Å². The molecule has 1 heterocycles. The lowest BCUT2D eigenvalue weighted by atomic mass is 10.2. The summed E-state index contributed by atoms with van der Waals surface area (Å²) in [6.45, 7) is 1.46. The molecule has 1 aromatic rings. The number of hydrogen-bond donors (Lipinski definition) is 1. The molecule has 1 N–H and O–H groups in total. The van der Waals surface area contributed by atoms with E-state index < -0.39 is 5.97 Å². The van der Waals surface area contributed by atoms with Gasteiger partial charge in [0.2, 0.25) is 0 Å². The number of carboxylic acid groups (broad SMARTS) is 1. The summed E-state index contributed by atoms with van der Waals surface area (Å²) in [6, 6.07) is 1.43. The van der Waals surface area contributed by atoms with Crippen LogP contribution >= 0.6 is 23.4 Å². The lowest BCUT2D eigenvalue weighted by Crippen LogP contribution is -2.01. The first-order valence-corrected chi connectivity index (χ1v) is 5.88. The van der Waals surface area contributed by atoms with E-state index in [4.69, 9.17) is 16.7 Å². The first kappa shape index (κ1) is 13.6. The molecule has 0 unspecified atom stereocenters. The summed E-state index contributed by atoms with van der Waals surface area (Å²) in [5.41, 5.74) is 0.319. The fourth-order valence-electron chi connectivity index (χ4n) is 0.940. The number of carbonyl (C=O) groups excluding carboxylic acids is 1. The lowest BCUT2D eigenvalue weighted by Gasteiger charge is -1.97. The lowest BCUT2D eigenvalue weighted by molar-refractivity contribution is -0.109. The van der Waals surface area contributed by atoms with E-state index in [0.29, 0.717) is 11.3 Å². The molecule has 88 valence electrons. The fraction of sp³-hybridized carbons (Fsp3) is 0.182. The molecular formula is C11H8ClNO3S. The predicted molar refractivity (Wildman–Crippen MR) is 66.2 cm³/mol. The van der Waals surface area contributed by atoms with Crippen molar-refractivity contribution in [3.05, 3.63) is 28.5 Å². The molecule has 0 aliphatic carbocycles. The zero-order valence-corrected chi connectivity index (χ0v) is 10.4. The van der Waals surface area contributed by atoms with Crippen molar-refractivity contribution in [1.29, 1.82) is 0 Å². The number of aromatic nitrogens is 1. The van der Waals surface area contributed by atoms with Crippen molar-refractivity contribution in [2.24, 2.45) is 0 Å². The number of rotatable bonds is 2. The number of halogens is 1. The molecule has 0 aliphatic rings. The van der Waals surface area contributed by atoms with Gasteiger partial charge in [-0.1, -0.05) is 35.2 Å². The third kappa shape index (κ3) is 4.47. The molecule has 0 aromatic carbocycles. The Balaban J connectivity index is 2.77. The summed E-state index contributed by atoms with van der Waals surface area (Å²) in [4.78, 5) is 25.0. The van der Waals surface area contributed by atoms with Gasteiger partial charge in [0.05, 0.1) is 10.8 Å². The summed E-state index contributed by atoms with van der Waals surface area (Å²) in [6.07, 6.45) is 1.33. The van der Waals surface area contributed by atoms with Crippen LogP contribution < -0.4 is 0 Å². The number of nitrogens with zero attached hydrogens (tertiary/aromatic N) is 1. The van der Waals surface area contributed by atoms with Crippen molar-refractivity contribution in [2.75, 3.05) is 5.75 Å². The number of carbonyl (C=O) groups is 2. The quantitative estimate of drug-likeness (QED) is 0.833. The van der Waals surface area contributed by atoms with Crippen LogP contribution in [-0.2, 0) is 4.79 Å². The maximum atomic E-state index is 10.6. The van der Waals surface area contributed by atoms with E-state index in [0.717, 1.165) is 11.8 Å². The number of hydrogen-bond acceptors (Lipinski definition) is 4. The molecule has 1 aromatic heterocycles. The Labute approximate surface area is 107 Å². The molecular weight excluding hydrogens is 262 g/mol. The summed E-state index contributed by atoms with van der Waals surface area (Å²) in [7, 11) is 0. The SMILES string of the molecule is CC(=O)SCC#Cc1cnc(C(=O)O)c(Cl)c1. The average Bonchev–Trinajstić information content (AvgIpc) is 2.23. The van der Waals surface area contributed by atoms with Gasteiger partial charge in [-0.3, -0.25) is 4.79 Å². The Kier molecular flexibility index (Phi) is 5.01. The van der Waals surface area contributed by atoms with Crippen molar-refractivity contribution >= 4 is 34.4 Å². The molecule has 0 bridgehead atoms. The van der Waals surface area contributed by atoms with E-state index in [1.807, 2.05) is 0 Å². The van der Waals surface area contributed by atoms with Gasteiger partial charge in [0.25, 0.3) is 0 Å². The number of thioether (sulfide) groups is 1. The predicted octanol–water partition coefficient (Wildman–Crippen LogP) is 2.06. The standard InChI is InChI=1S/C11H8ClNO3S/c1-7(14)17-4-2-3-8-5-9(12)10(11(15)16)13-6-8/h5-6H,4H2,1H3,(H,15,16). The summed E-state index contributed by atoms with van der Waals surface area (Å²) in [5, 5.41) is 8.75. The Morgan fingerprint density at radius 2 is 2.29 bits per heavy atom. The number of aromatic carboxylic acids is 1. The molecule has 4 nitrogen and oxygen atoms in total. The van der Waals surface area contributed by atoms with Gasteiger partial charge >= 0.3 is 5.97 Å². The second kappa shape index (κ2) is 6.28. The molecule has 0 saturated carbocycles. The molecule has 0 saturated heterocycles. The molecule has 0 atom stereocenters. The van der Waals surface area contributed by atoms with E-state index in [1.54, 1.807) is 0 Å². The summed E-state index contributed by atoms with van der Waals surface area (Å²) >= 11 is 6.82. The van der Waals surface area contributed by atoms with Crippen molar-refractivity contribution < 1.29 is 14.7 Å². The van der Waals surface area contributed by atoms with Gasteiger partial charge in [-0.15, -0.1) is 0 Å². The van der Waals surface area contributed by atoms with Gasteiger partial charge in [0, 0.05) is 18.7 Å².